The van der Waals surface area contributed by atoms with Crippen LogP contribution in [-0.2, 0) is 6.54 Å². The fourth-order valence-electron chi connectivity index (χ4n) is 1.60. The molecule has 5 heteroatoms. The fourth-order valence-corrected chi connectivity index (χ4v) is 1.60. The largest absolute Gasteiger partial charge is 0.465 e. The van der Waals surface area contributed by atoms with E-state index < -0.39 is 0 Å². The number of aromatic nitrogens is 2. The smallest absolute Gasteiger partial charge is 0.252 e. The lowest BCUT2D eigenvalue weighted by Gasteiger charge is -2.07. The number of rotatable bonds is 4. The molecule has 2 heterocycles. The standard InChI is InChI=1S/C13H17N3O2/c1-8(2)13-15-11(6-12(17)16-13)14-7-10-5-4-9(3)18-10/h4-6,8H,7H2,1-3H3,(H2,14,15,16,17). The minimum atomic E-state index is -0.146. The van der Waals surface area contributed by atoms with Gasteiger partial charge in [0.05, 0.1) is 6.54 Å². The number of hydrogen-bond donors (Lipinski definition) is 2. The quantitative estimate of drug-likeness (QED) is 0.870. The van der Waals surface area contributed by atoms with Gasteiger partial charge < -0.3 is 14.7 Å². The van der Waals surface area contributed by atoms with Gasteiger partial charge in [0.15, 0.2) is 0 Å². The van der Waals surface area contributed by atoms with Crippen LogP contribution in [-0.4, -0.2) is 9.97 Å². The first-order valence-corrected chi connectivity index (χ1v) is 5.95. The van der Waals surface area contributed by atoms with Gasteiger partial charge in [-0.15, -0.1) is 0 Å². The Labute approximate surface area is 105 Å². The van der Waals surface area contributed by atoms with E-state index in [1.807, 2.05) is 32.9 Å². The van der Waals surface area contributed by atoms with Gasteiger partial charge in [-0.2, -0.15) is 0 Å². The van der Waals surface area contributed by atoms with Crippen molar-refractivity contribution in [1.82, 2.24) is 9.97 Å². The van der Waals surface area contributed by atoms with Crippen LogP contribution in [0.5, 0.6) is 0 Å². The van der Waals surface area contributed by atoms with Gasteiger partial charge in [-0.05, 0) is 19.1 Å². The zero-order chi connectivity index (χ0) is 13.1. The number of aryl methyl sites for hydroxylation is 1. The molecule has 5 nitrogen and oxygen atoms in total. The van der Waals surface area contributed by atoms with Crippen LogP contribution < -0.4 is 10.9 Å². The zero-order valence-corrected chi connectivity index (χ0v) is 10.8. The first-order chi connectivity index (χ1) is 8.54. The minimum absolute atomic E-state index is 0.146. The molecule has 0 saturated carbocycles. The van der Waals surface area contributed by atoms with E-state index in [1.165, 1.54) is 6.07 Å². The lowest BCUT2D eigenvalue weighted by molar-refractivity contribution is 0.490. The second-order valence-electron chi connectivity index (χ2n) is 4.54. The fraction of sp³-hybridized carbons (Fsp3) is 0.385. The molecule has 2 aromatic heterocycles. The topological polar surface area (TPSA) is 70.9 Å². The Balaban J connectivity index is 2.11. The van der Waals surface area contributed by atoms with Gasteiger partial charge in [0.25, 0.3) is 5.56 Å². The van der Waals surface area contributed by atoms with E-state index in [1.54, 1.807) is 0 Å². The Morgan fingerprint density at radius 3 is 2.83 bits per heavy atom. The van der Waals surface area contributed by atoms with Gasteiger partial charge in [-0.25, -0.2) is 4.98 Å². The van der Waals surface area contributed by atoms with Crippen LogP contribution in [0.3, 0.4) is 0 Å². The van der Waals surface area contributed by atoms with Gasteiger partial charge in [0.1, 0.15) is 23.2 Å². The number of nitrogens with zero attached hydrogens (tertiary/aromatic N) is 1. The van der Waals surface area contributed by atoms with E-state index in [2.05, 4.69) is 15.3 Å². The molecule has 2 N–H and O–H groups in total. The molecule has 0 unspecified atom stereocenters. The van der Waals surface area contributed by atoms with E-state index in [0.29, 0.717) is 18.2 Å². The van der Waals surface area contributed by atoms with Gasteiger partial charge >= 0.3 is 0 Å². The molecular weight excluding hydrogens is 230 g/mol. The Morgan fingerprint density at radius 2 is 2.22 bits per heavy atom. The van der Waals surface area contributed by atoms with Crippen molar-refractivity contribution in [2.75, 3.05) is 5.32 Å². The van der Waals surface area contributed by atoms with Crippen LogP contribution in [0.1, 0.15) is 37.1 Å². The van der Waals surface area contributed by atoms with Crippen LogP contribution >= 0.6 is 0 Å². The molecule has 18 heavy (non-hydrogen) atoms. The Bertz CT molecular complexity index is 584. The van der Waals surface area contributed by atoms with Crippen LogP contribution in [0.2, 0.25) is 0 Å². The van der Waals surface area contributed by atoms with Crippen LogP contribution in [0.25, 0.3) is 0 Å². The molecule has 0 amide bonds. The van der Waals surface area contributed by atoms with Crippen molar-refractivity contribution >= 4 is 5.82 Å². The number of nitrogens with one attached hydrogen (secondary N) is 2. The molecule has 0 aliphatic heterocycles. The first-order valence-electron chi connectivity index (χ1n) is 5.95. The summed E-state index contributed by atoms with van der Waals surface area (Å²) in [6.45, 7) is 6.38. The van der Waals surface area contributed by atoms with Gasteiger partial charge in [0, 0.05) is 12.0 Å². The summed E-state index contributed by atoms with van der Waals surface area (Å²) in [4.78, 5) is 18.5. The predicted octanol–water partition coefficient (Wildman–Crippen LogP) is 2.41. The Kier molecular flexibility index (Phi) is 3.50. The Hall–Kier alpha value is -2.04. The molecule has 2 rings (SSSR count). The van der Waals surface area contributed by atoms with Crippen molar-refractivity contribution in [1.29, 1.82) is 0 Å². The van der Waals surface area contributed by atoms with Crippen molar-refractivity contribution in [3.63, 3.8) is 0 Å². The van der Waals surface area contributed by atoms with E-state index in [-0.39, 0.29) is 11.5 Å². The maximum atomic E-state index is 11.5. The van der Waals surface area contributed by atoms with E-state index in [0.717, 1.165) is 11.5 Å². The van der Waals surface area contributed by atoms with E-state index in [4.69, 9.17) is 4.42 Å². The van der Waals surface area contributed by atoms with E-state index >= 15 is 0 Å². The van der Waals surface area contributed by atoms with Gasteiger partial charge in [0.2, 0.25) is 0 Å². The molecular formula is C13H17N3O2. The highest BCUT2D eigenvalue weighted by Gasteiger charge is 2.05. The SMILES string of the molecule is Cc1ccc(CNc2cc(=O)[nH]c(C(C)C)n2)o1. The molecule has 0 aliphatic rings. The highest BCUT2D eigenvalue weighted by molar-refractivity contribution is 5.33. The third-order valence-electron chi connectivity index (χ3n) is 2.55. The van der Waals surface area contributed by atoms with Crippen molar-refractivity contribution in [2.45, 2.75) is 33.2 Å². The zero-order valence-electron chi connectivity index (χ0n) is 10.8. The summed E-state index contributed by atoms with van der Waals surface area (Å²) in [7, 11) is 0. The molecule has 96 valence electrons. The third-order valence-corrected chi connectivity index (χ3v) is 2.55. The summed E-state index contributed by atoms with van der Waals surface area (Å²) in [5.74, 6) is 3.12. The molecule has 0 aromatic carbocycles. The molecule has 0 aliphatic carbocycles. The van der Waals surface area contributed by atoms with Crippen molar-refractivity contribution < 1.29 is 4.42 Å². The van der Waals surface area contributed by atoms with Crippen LogP contribution in [0, 0.1) is 6.92 Å². The number of aromatic amines is 1. The second kappa shape index (κ2) is 5.08. The minimum Gasteiger partial charge on any atom is -0.465 e. The molecule has 0 atom stereocenters. The summed E-state index contributed by atoms with van der Waals surface area (Å²) >= 11 is 0. The molecule has 0 bridgehead atoms. The molecule has 0 spiro atoms. The van der Waals surface area contributed by atoms with Crippen molar-refractivity contribution in [2.24, 2.45) is 0 Å². The highest BCUT2D eigenvalue weighted by atomic mass is 16.3. The Morgan fingerprint density at radius 1 is 1.44 bits per heavy atom. The van der Waals surface area contributed by atoms with Gasteiger partial charge in [-0.3, -0.25) is 4.79 Å². The monoisotopic (exact) mass is 247 g/mol. The number of anilines is 1. The number of H-pyrrole nitrogens is 1. The maximum Gasteiger partial charge on any atom is 0.252 e. The second-order valence-corrected chi connectivity index (χ2v) is 4.54. The lowest BCUT2D eigenvalue weighted by atomic mass is 10.2. The molecule has 2 aromatic rings. The van der Waals surface area contributed by atoms with Crippen LogP contribution in [0.4, 0.5) is 5.82 Å². The summed E-state index contributed by atoms with van der Waals surface area (Å²) in [5, 5.41) is 3.09. The van der Waals surface area contributed by atoms with Crippen molar-refractivity contribution in [3.05, 3.63) is 45.9 Å². The van der Waals surface area contributed by atoms with Crippen LogP contribution in [0.15, 0.2) is 27.4 Å². The van der Waals surface area contributed by atoms with E-state index in [9.17, 15) is 4.79 Å². The first kappa shape index (κ1) is 12.4. The summed E-state index contributed by atoms with van der Waals surface area (Å²) in [6.07, 6.45) is 0. The summed E-state index contributed by atoms with van der Waals surface area (Å²) < 4.78 is 5.44. The normalized spacial score (nSPS) is 10.9. The summed E-state index contributed by atoms with van der Waals surface area (Å²) in [5.41, 5.74) is -0.146. The van der Waals surface area contributed by atoms with Crippen molar-refractivity contribution in [3.8, 4) is 0 Å². The molecule has 0 fully saturated rings. The molecule has 0 radical (unpaired) electrons. The predicted molar refractivity (Wildman–Crippen MR) is 69.7 cm³/mol. The number of hydrogen-bond acceptors (Lipinski definition) is 4. The van der Waals surface area contributed by atoms with Gasteiger partial charge in [-0.1, -0.05) is 13.8 Å². The third kappa shape index (κ3) is 3.00. The lowest BCUT2D eigenvalue weighted by Crippen LogP contribution is -2.14. The highest BCUT2D eigenvalue weighted by Crippen LogP contribution is 2.11. The average molecular weight is 247 g/mol. The number of furan rings is 1. The molecule has 0 saturated heterocycles. The average Bonchev–Trinajstić information content (AvgIpc) is 2.72. The maximum absolute atomic E-state index is 11.5. The summed E-state index contributed by atoms with van der Waals surface area (Å²) in [6, 6.07) is 5.25.